The molecule has 0 spiro atoms. The van der Waals surface area contributed by atoms with Gasteiger partial charge in [-0.3, -0.25) is 4.99 Å². The van der Waals surface area contributed by atoms with Gasteiger partial charge >= 0.3 is 0 Å². The first kappa shape index (κ1) is 23.5. The molecule has 3 heteroatoms. The second-order valence-electron chi connectivity index (χ2n) is 7.00. The Bertz CT molecular complexity index is 302. The zero-order valence-electron chi connectivity index (χ0n) is 16.1. The Hall–Kier alpha value is -0.500. The number of unbranched alkanes of at least 4 members (excludes halogenated alkanes) is 12. The lowest BCUT2D eigenvalue weighted by Gasteiger charge is -2.12. The van der Waals surface area contributed by atoms with E-state index in [1.807, 2.05) is 6.34 Å². The van der Waals surface area contributed by atoms with Gasteiger partial charge in [0.25, 0.3) is 0 Å². The molecule has 0 unspecified atom stereocenters. The Balaban J connectivity index is 0.00000529. The van der Waals surface area contributed by atoms with Gasteiger partial charge in [-0.15, -0.1) is 12.4 Å². The van der Waals surface area contributed by atoms with E-state index in [9.17, 15) is 0 Å². The van der Waals surface area contributed by atoms with E-state index in [1.54, 1.807) is 0 Å². The van der Waals surface area contributed by atoms with Gasteiger partial charge in [-0.2, -0.15) is 0 Å². The van der Waals surface area contributed by atoms with Crippen LogP contribution in [-0.4, -0.2) is 30.9 Å². The van der Waals surface area contributed by atoms with Crippen LogP contribution in [0.1, 0.15) is 96.8 Å². The Morgan fingerprint density at radius 2 is 1.33 bits per heavy atom. The monoisotopic (exact) mass is 356 g/mol. The second-order valence-corrected chi connectivity index (χ2v) is 7.00. The molecule has 0 fully saturated rings. The van der Waals surface area contributed by atoms with Gasteiger partial charge in [0.05, 0.1) is 12.9 Å². The molecule has 24 heavy (non-hydrogen) atoms. The maximum absolute atomic E-state index is 4.25. The lowest BCUT2D eigenvalue weighted by atomic mass is 10.1. The van der Waals surface area contributed by atoms with Crippen molar-refractivity contribution in [2.45, 2.75) is 96.8 Å². The fraction of sp³-hybridized carbons (Fsp3) is 0.857. The highest BCUT2D eigenvalue weighted by molar-refractivity contribution is 5.85. The molecular weight excluding hydrogens is 316 g/mol. The average Bonchev–Trinajstić information content (AvgIpc) is 3.08. The molecule has 1 aliphatic rings. The average molecular weight is 357 g/mol. The number of allylic oxidation sites excluding steroid dienone is 2. The van der Waals surface area contributed by atoms with Gasteiger partial charge in [-0.1, -0.05) is 76.9 Å². The first-order valence-electron chi connectivity index (χ1n) is 10.3. The van der Waals surface area contributed by atoms with Crippen LogP contribution in [0.15, 0.2) is 17.1 Å². The zero-order valence-corrected chi connectivity index (χ0v) is 16.9. The molecule has 0 atom stereocenters. The Morgan fingerprint density at radius 3 is 1.88 bits per heavy atom. The van der Waals surface area contributed by atoms with E-state index in [0.29, 0.717) is 0 Å². The fourth-order valence-electron chi connectivity index (χ4n) is 3.15. The van der Waals surface area contributed by atoms with E-state index in [1.165, 1.54) is 96.4 Å². The highest BCUT2D eigenvalue weighted by atomic mass is 35.5. The topological polar surface area (TPSA) is 15.6 Å². The van der Waals surface area contributed by atoms with Crippen molar-refractivity contribution in [3.05, 3.63) is 12.2 Å². The van der Waals surface area contributed by atoms with Crippen molar-refractivity contribution in [1.82, 2.24) is 4.90 Å². The first-order chi connectivity index (χ1) is 11.4. The van der Waals surface area contributed by atoms with Crippen LogP contribution < -0.4 is 0 Å². The summed E-state index contributed by atoms with van der Waals surface area (Å²) in [6.07, 6.45) is 26.2. The molecule has 0 radical (unpaired) electrons. The fourth-order valence-corrected chi connectivity index (χ4v) is 3.15. The summed E-state index contributed by atoms with van der Waals surface area (Å²) in [6.45, 7) is 5.65. The van der Waals surface area contributed by atoms with Crippen LogP contribution in [0.2, 0.25) is 0 Å². The smallest absolute Gasteiger partial charge is 0.0851 e. The third-order valence-electron chi connectivity index (χ3n) is 4.72. The molecule has 0 aliphatic carbocycles. The minimum atomic E-state index is 0. The van der Waals surface area contributed by atoms with Gasteiger partial charge in [0.1, 0.15) is 0 Å². The van der Waals surface area contributed by atoms with Crippen molar-refractivity contribution >= 4 is 18.7 Å². The summed E-state index contributed by atoms with van der Waals surface area (Å²) >= 11 is 0. The standard InChI is InChI=1S/C21H40N2.ClH/c1-2-3-4-5-6-7-8-9-10-11-12-13-14-15-16-17-19-23-20-18-22-21-23;/h9-10,21H,2-8,11-20H2,1H3;1H. The molecule has 0 amide bonds. The number of aliphatic imine (C=N–C) groups is 1. The molecule has 0 aromatic carbocycles. The molecule has 0 aromatic heterocycles. The SMILES string of the molecule is CCCCCCCCC=CCCCCCCCCN1C=NCC1.Cl. The minimum absolute atomic E-state index is 0. The maximum Gasteiger partial charge on any atom is 0.0851 e. The molecule has 2 nitrogen and oxygen atoms in total. The van der Waals surface area contributed by atoms with E-state index in [2.05, 4.69) is 29.0 Å². The summed E-state index contributed by atoms with van der Waals surface area (Å²) in [6, 6.07) is 0. The van der Waals surface area contributed by atoms with Gasteiger partial charge < -0.3 is 4.90 Å². The summed E-state index contributed by atoms with van der Waals surface area (Å²) in [5.41, 5.74) is 0. The van der Waals surface area contributed by atoms with Gasteiger partial charge in [0, 0.05) is 13.1 Å². The van der Waals surface area contributed by atoms with Gasteiger partial charge in [0.15, 0.2) is 0 Å². The highest BCUT2D eigenvalue weighted by Gasteiger charge is 2.03. The Labute approximate surface area is 157 Å². The van der Waals surface area contributed by atoms with Crippen molar-refractivity contribution in [3.8, 4) is 0 Å². The van der Waals surface area contributed by atoms with Crippen LogP contribution in [-0.2, 0) is 0 Å². The molecule has 0 N–H and O–H groups in total. The number of hydrogen-bond donors (Lipinski definition) is 0. The molecule has 0 saturated heterocycles. The minimum Gasteiger partial charge on any atom is -0.361 e. The third kappa shape index (κ3) is 15.1. The van der Waals surface area contributed by atoms with E-state index in [-0.39, 0.29) is 12.4 Å². The van der Waals surface area contributed by atoms with Gasteiger partial charge in [0.2, 0.25) is 0 Å². The number of hydrogen-bond acceptors (Lipinski definition) is 2. The van der Waals surface area contributed by atoms with E-state index >= 15 is 0 Å². The molecule has 0 aromatic rings. The van der Waals surface area contributed by atoms with Crippen LogP contribution in [0.5, 0.6) is 0 Å². The number of halogens is 1. The van der Waals surface area contributed by atoms with Crippen LogP contribution in [0.25, 0.3) is 0 Å². The molecule has 0 saturated carbocycles. The summed E-state index contributed by atoms with van der Waals surface area (Å²) in [7, 11) is 0. The van der Waals surface area contributed by atoms with Gasteiger partial charge in [-0.25, -0.2) is 0 Å². The van der Waals surface area contributed by atoms with Crippen molar-refractivity contribution in [3.63, 3.8) is 0 Å². The van der Waals surface area contributed by atoms with Crippen molar-refractivity contribution in [1.29, 1.82) is 0 Å². The molecule has 0 bridgehead atoms. The number of rotatable bonds is 16. The highest BCUT2D eigenvalue weighted by Crippen LogP contribution is 2.10. The zero-order chi connectivity index (χ0) is 16.4. The van der Waals surface area contributed by atoms with Crippen LogP contribution in [0.3, 0.4) is 0 Å². The Morgan fingerprint density at radius 1 is 0.792 bits per heavy atom. The lowest BCUT2D eigenvalue weighted by Crippen LogP contribution is -2.20. The summed E-state index contributed by atoms with van der Waals surface area (Å²) < 4.78 is 0. The summed E-state index contributed by atoms with van der Waals surface area (Å²) in [4.78, 5) is 6.61. The van der Waals surface area contributed by atoms with Crippen molar-refractivity contribution in [2.75, 3.05) is 19.6 Å². The van der Waals surface area contributed by atoms with Crippen LogP contribution in [0.4, 0.5) is 0 Å². The first-order valence-corrected chi connectivity index (χ1v) is 10.3. The molecule has 1 heterocycles. The van der Waals surface area contributed by atoms with E-state index < -0.39 is 0 Å². The van der Waals surface area contributed by atoms with E-state index in [4.69, 9.17) is 0 Å². The van der Waals surface area contributed by atoms with Crippen molar-refractivity contribution in [2.24, 2.45) is 4.99 Å². The molecule has 1 rings (SSSR count). The van der Waals surface area contributed by atoms with Crippen molar-refractivity contribution < 1.29 is 0 Å². The lowest BCUT2D eigenvalue weighted by molar-refractivity contribution is 0.439. The summed E-state index contributed by atoms with van der Waals surface area (Å²) in [5, 5.41) is 0. The van der Waals surface area contributed by atoms with Gasteiger partial charge in [-0.05, 0) is 32.1 Å². The second kappa shape index (κ2) is 18.8. The number of nitrogens with zero attached hydrogens (tertiary/aromatic N) is 2. The van der Waals surface area contributed by atoms with E-state index in [0.717, 1.165) is 13.1 Å². The molecule has 1 aliphatic heterocycles. The summed E-state index contributed by atoms with van der Waals surface area (Å²) in [5.74, 6) is 0. The van der Waals surface area contributed by atoms with Crippen LogP contribution >= 0.6 is 12.4 Å². The maximum atomic E-state index is 4.25. The normalized spacial score (nSPS) is 13.8. The van der Waals surface area contributed by atoms with Crippen LogP contribution in [0, 0.1) is 0 Å². The molecular formula is C21H41ClN2. The predicted molar refractivity (Wildman–Crippen MR) is 112 cm³/mol. The largest absolute Gasteiger partial charge is 0.361 e. The third-order valence-corrected chi connectivity index (χ3v) is 4.72. The molecule has 142 valence electrons. The Kier molecular flexibility index (Phi) is 18.4. The predicted octanol–water partition coefficient (Wildman–Crippen LogP) is 6.79. The quantitative estimate of drug-likeness (QED) is 0.219.